The first-order valence-electron chi connectivity index (χ1n) is 9.35. The minimum absolute atomic E-state index is 0.0838. The van der Waals surface area contributed by atoms with Gasteiger partial charge in [-0.2, -0.15) is 5.10 Å². The maximum atomic E-state index is 12.6. The third-order valence-corrected chi connectivity index (χ3v) is 4.88. The van der Waals surface area contributed by atoms with Gasteiger partial charge in [0.05, 0.1) is 5.71 Å². The smallest absolute Gasteiger partial charge is 0.272 e. The molecule has 3 aromatic rings. The minimum Gasteiger partial charge on any atom is -0.326 e. The van der Waals surface area contributed by atoms with Crippen LogP contribution in [0, 0.1) is 5.92 Å². The predicted octanol–water partition coefficient (Wildman–Crippen LogP) is 4.34. The Balaban J connectivity index is 1.45. The van der Waals surface area contributed by atoms with Crippen LogP contribution in [0.15, 0.2) is 71.8 Å². The van der Waals surface area contributed by atoms with E-state index in [1.54, 1.807) is 6.07 Å². The number of carbonyl (C=O) groups is 2. The first-order chi connectivity index (χ1) is 13.6. The van der Waals surface area contributed by atoms with Gasteiger partial charge in [0, 0.05) is 17.2 Å². The van der Waals surface area contributed by atoms with Crippen LogP contribution >= 0.6 is 0 Å². The summed E-state index contributed by atoms with van der Waals surface area (Å²) in [4.78, 5) is 24.4. The van der Waals surface area contributed by atoms with Gasteiger partial charge in [0.25, 0.3) is 5.91 Å². The summed E-state index contributed by atoms with van der Waals surface area (Å²) in [6, 6.07) is 20.9. The molecule has 2 N–H and O–H groups in total. The van der Waals surface area contributed by atoms with Gasteiger partial charge in [-0.1, -0.05) is 48.5 Å². The van der Waals surface area contributed by atoms with Crippen LogP contribution in [0.4, 0.5) is 5.69 Å². The van der Waals surface area contributed by atoms with Gasteiger partial charge in [-0.15, -0.1) is 0 Å². The molecule has 4 rings (SSSR count). The van der Waals surface area contributed by atoms with Crippen molar-refractivity contribution < 1.29 is 9.59 Å². The summed E-state index contributed by atoms with van der Waals surface area (Å²) in [6.07, 6.45) is 1.96. The number of hydrogen-bond acceptors (Lipinski definition) is 3. The first kappa shape index (κ1) is 17.9. The largest absolute Gasteiger partial charge is 0.326 e. The zero-order valence-corrected chi connectivity index (χ0v) is 15.6. The molecule has 5 heteroatoms. The van der Waals surface area contributed by atoms with E-state index in [1.165, 1.54) is 0 Å². The number of carbonyl (C=O) groups excluding carboxylic acids is 2. The van der Waals surface area contributed by atoms with E-state index in [-0.39, 0.29) is 17.7 Å². The number of rotatable bonds is 5. The summed E-state index contributed by atoms with van der Waals surface area (Å²) in [7, 11) is 0. The maximum Gasteiger partial charge on any atom is 0.272 e. The average molecular weight is 371 g/mol. The van der Waals surface area contributed by atoms with Gasteiger partial charge < -0.3 is 5.32 Å². The maximum absolute atomic E-state index is 12.6. The standard InChI is InChI=1S/C23H21N3O2/c1-15(16-11-13-19(14-12-16)24-22(27)18-9-10-18)25-26-23(28)21-8-4-6-17-5-2-3-7-20(17)21/h2-8,11-14,18H,9-10H2,1H3,(H,24,27)(H,26,28)/b25-15-. The molecule has 0 bridgehead atoms. The molecule has 1 aliphatic carbocycles. The van der Waals surface area contributed by atoms with Crippen molar-refractivity contribution in [3.63, 3.8) is 0 Å². The van der Waals surface area contributed by atoms with E-state index in [1.807, 2.05) is 67.6 Å². The van der Waals surface area contributed by atoms with Crippen molar-refractivity contribution in [3.05, 3.63) is 77.9 Å². The van der Waals surface area contributed by atoms with Gasteiger partial charge in [0.2, 0.25) is 5.91 Å². The van der Waals surface area contributed by atoms with Gasteiger partial charge >= 0.3 is 0 Å². The lowest BCUT2D eigenvalue weighted by Crippen LogP contribution is -2.19. The van der Waals surface area contributed by atoms with Crippen LogP contribution in [0.3, 0.4) is 0 Å². The molecular formula is C23H21N3O2. The molecule has 28 heavy (non-hydrogen) atoms. The summed E-state index contributed by atoms with van der Waals surface area (Å²) < 4.78 is 0. The first-order valence-corrected chi connectivity index (χ1v) is 9.35. The minimum atomic E-state index is -0.246. The highest BCUT2D eigenvalue weighted by Gasteiger charge is 2.29. The average Bonchev–Trinajstić information content (AvgIpc) is 3.57. The normalized spacial score (nSPS) is 14.0. The van der Waals surface area contributed by atoms with Crippen molar-refractivity contribution in [1.29, 1.82) is 0 Å². The van der Waals surface area contributed by atoms with Crippen LogP contribution in [-0.2, 0) is 4.79 Å². The molecule has 1 aliphatic rings. The van der Waals surface area contributed by atoms with Crippen LogP contribution in [0.25, 0.3) is 10.8 Å². The zero-order valence-electron chi connectivity index (χ0n) is 15.6. The summed E-state index contributed by atoms with van der Waals surface area (Å²) in [6.45, 7) is 1.83. The van der Waals surface area contributed by atoms with E-state index < -0.39 is 0 Å². The van der Waals surface area contributed by atoms with Gasteiger partial charge in [-0.05, 0) is 54.3 Å². The number of hydrogen-bond donors (Lipinski definition) is 2. The molecule has 3 aromatic carbocycles. The zero-order chi connectivity index (χ0) is 19.5. The highest BCUT2D eigenvalue weighted by Crippen LogP contribution is 2.30. The molecular weight excluding hydrogens is 350 g/mol. The van der Waals surface area contributed by atoms with E-state index in [4.69, 9.17) is 0 Å². The summed E-state index contributed by atoms with van der Waals surface area (Å²) >= 11 is 0. The molecule has 0 aromatic heterocycles. The van der Waals surface area contributed by atoms with Crippen LogP contribution in [0.1, 0.15) is 35.7 Å². The van der Waals surface area contributed by atoms with Crippen molar-refractivity contribution in [2.75, 3.05) is 5.32 Å². The topological polar surface area (TPSA) is 70.6 Å². The molecule has 0 radical (unpaired) electrons. The van der Waals surface area contributed by atoms with Crippen LogP contribution in [0.2, 0.25) is 0 Å². The molecule has 1 saturated carbocycles. The number of benzene rings is 3. The van der Waals surface area contributed by atoms with Gasteiger partial charge in [-0.25, -0.2) is 5.43 Å². The molecule has 140 valence electrons. The SMILES string of the molecule is C/C(=N/NC(=O)c1cccc2ccccc12)c1ccc(NC(=O)C2CC2)cc1. The van der Waals surface area contributed by atoms with Crippen molar-refractivity contribution >= 4 is 34.0 Å². The predicted molar refractivity (Wildman–Crippen MR) is 111 cm³/mol. The van der Waals surface area contributed by atoms with E-state index in [9.17, 15) is 9.59 Å². The van der Waals surface area contributed by atoms with Crippen molar-refractivity contribution in [2.45, 2.75) is 19.8 Å². The Kier molecular flexibility index (Phi) is 4.89. The van der Waals surface area contributed by atoms with Crippen LogP contribution < -0.4 is 10.7 Å². The molecule has 0 heterocycles. The van der Waals surface area contributed by atoms with Crippen molar-refractivity contribution in [3.8, 4) is 0 Å². The molecule has 0 unspecified atom stereocenters. The fraction of sp³-hybridized carbons (Fsp3) is 0.174. The van der Waals surface area contributed by atoms with Crippen LogP contribution in [-0.4, -0.2) is 17.5 Å². The Morgan fingerprint density at radius 1 is 0.929 bits per heavy atom. The van der Waals surface area contributed by atoms with Crippen molar-refractivity contribution in [2.24, 2.45) is 11.0 Å². The quantitative estimate of drug-likeness (QED) is 0.517. The Morgan fingerprint density at radius 3 is 2.39 bits per heavy atom. The summed E-state index contributed by atoms with van der Waals surface area (Å²) in [5, 5.41) is 9.05. The number of nitrogens with zero attached hydrogens (tertiary/aromatic N) is 1. The van der Waals surface area contributed by atoms with Crippen LogP contribution in [0.5, 0.6) is 0 Å². The third kappa shape index (κ3) is 3.93. The number of amides is 2. The molecule has 0 saturated heterocycles. The highest BCUT2D eigenvalue weighted by molar-refractivity contribution is 6.08. The van der Waals surface area contributed by atoms with E-state index in [0.717, 1.165) is 34.9 Å². The van der Waals surface area contributed by atoms with Gasteiger partial charge in [0.15, 0.2) is 0 Å². The lowest BCUT2D eigenvalue weighted by molar-refractivity contribution is -0.117. The summed E-state index contributed by atoms with van der Waals surface area (Å²) in [5.41, 5.74) is 5.57. The number of hydrazone groups is 1. The molecule has 1 fully saturated rings. The highest BCUT2D eigenvalue weighted by atomic mass is 16.2. The molecule has 5 nitrogen and oxygen atoms in total. The van der Waals surface area contributed by atoms with E-state index in [0.29, 0.717) is 11.3 Å². The fourth-order valence-electron chi connectivity index (χ4n) is 3.07. The molecule has 0 aliphatic heterocycles. The molecule has 0 spiro atoms. The number of fused-ring (bicyclic) bond motifs is 1. The van der Waals surface area contributed by atoms with Crippen molar-refractivity contribution in [1.82, 2.24) is 5.43 Å². The Morgan fingerprint density at radius 2 is 1.64 bits per heavy atom. The fourth-order valence-corrected chi connectivity index (χ4v) is 3.07. The van der Waals surface area contributed by atoms with Gasteiger partial charge in [-0.3, -0.25) is 9.59 Å². The Labute approximate surface area is 163 Å². The van der Waals surface area contributed by atoms with E-state index >= 15 is 0 Å². The second kappa shape index (κ2) is 7.64. The monoisotopic (exact) mass is 371 g/mol. The molecule has 0 atom stereocenters. The molecule has 2 amide bonds. The van der Waals surface area contributed by atoms with Gasteiger partial charge in [0.1, 0.15) is 0 Å². The lowest BCUT2D eigenvalue weighted by atomic mass is 10.0. The third-order valence-electron chi connectivity index (χ3n) is 4.88. The number of anilines is 1. The Bertz CT molecular complexity index is 1060. The van der Waals surface area contributed by atoms with E-state index in [2.05, 4.69) is 15.8 Å². The lowest BCUT2D eigenvalue weighted by Gasteiger charge is -2.07. The number of nitrogens with one attached hydrogen (secondary N) is 2. The second-order valence-electron chi connectivity index (χ2n) is 7.01. The summed E-state index contributed by atoms with van der Waals surface area (Å²) in [5.74, 6) is 0.0113. The second-order valence-corrected chi connectivity index (χ2v) is 7.01. The Hall–Kier alpha value is -3.47.